The quantitative estimate of drug-likeness (QED) is 0.494. The van der Waals surface area contributed by atoms with Crippen molar-refractivity contribution in [2.45, 2.75) is 46.8 Å². The number of ether oxygens (including phenoxy) is 1. The maximum atomic E-state index is 5.51. The molecular formula is C14H22ClNO2. The predicted molar refractivity (Wildman–Crippen MR) is 74.5 cm³/mol. The highest BCUT2D eigenvalue weighted by Gasteiger charge is 2.21. The van der Waals surface area contributed by atoms with Crippen molar-refractivity contribution in [1.29, 1.82) is 0 Å². The van der Waals surface area contributed by atoms with E-state index in [1.807, 2.05) is 12.1 Å². The molecule has 0 saturated carbocycles. The van der Waals surface area contributed by atoms with Crippen LogP contribution in [0.25, 0.3) is 0 Å². The first-order valence-electron chi connectivity index (χ1n) is 6.12. The summed E-state index contributed by atoms with van der Waals surface area (Å²) in [7, 11) is 0. The van der Waals surface area contributed by atoms with Crippen LogP contribution in [0.1, 0.15) is 46.1 Å². The minimum atomic E-state index is -0.437. The molecule has 3 nitrogen and oxygen atoms in total. The molecule has 4 heteroatoms. The molecule has 18 heavy (non-hydrogen) atoms. The van der Waals surface area contributed by atoms with Gasteiger partial charge in [0.15, 0.2) is 0 Å². The molecule has 102 valence electrons. The Labute approximate surface area is 114 Å². The Morgan fingerprint density at radius 2 is 1.67 bits per heavy atom. The summed E-state index contributed by atoms with van der Waals surface area (Å²) in [6.45, 7) is 10.7. The largest absolute Gasteiger partial charge is 0.464 e. The highest BCUT2D eigenvalue weighted by Crippen LogP contribution is 2.34. The van der Waals surface area contributed by atoms with Crippen molar-refractivity contribution < 1.29 is 9.57 Å². The van der Waals surface area contributed by atoms with E-state index in [-0.39, 0.29) is 5.41 Å². The first kappa shape index (κ1) is 15.3. The number of benzene rings is 1. The van der Waals surface area contributed by atoms with E-state index in [4.69, 9.17) is 21.4 Å². The van der Waals surface area contributed by atoms with Crippen molar-refractivity contribution in [3.63, 3.8) is 0 Å². The SMILES string of the molecule is CC(ONCl)Oc1ccc(C(C)C(C)(C)C)cc1. The topological polar surface area (TPSA) is 30.5 Å². The fourth-order valence-corrected chi connectivity index (χ4v) is 1.74. The Kier molecular flexibility index (Phi) is 5.45. The number of halogens is 1. The zero-order valence-electron chi connectivity index (χ0n) is 11.7. The molecule has 1 aromatic rings. The summed E-state index contributed by atoms with van der Waals surface area (Å²) in [5, 5.41) is 0. The molecule has 0 fully saturated rings. The van der Waals surface area contributed by atoms with Gasteiger partial charge in [0.25, 0.3) is 0 Å². The fourth-order valence-electron chi connectivity index (χ4n) is 1.61. The molecule has 0 saturated heterocycles. The third kappa shape index (κ3) is 4.48. The van der Waals surface area contributed by atoms with Crippen LogP contribution in [0.3, 0.4) is 0 Å². The summed E-state index contributed by atoms with van der Waals surface area (Å²) >= 11 is 5.23. The van der Waals surface area contributed by atoms with Crippen LogP contribution in [-0.4, -0.2) is 6.29 Å². The highest BCUT2D eigenvalue weighted by molar-refractivity contribution is 6.12. The fraction of sp³-hybridized carbons (Fsp3) is 0.571. The molecule has 0 radical (unpaired) electrons. The van der Waals surface area contributed by atoms with E-state index in [0.717, 1.165) is 5.75 Å². The van der Waals surface area contributed by atoms with Crippen molar-refractivity contribution >= 4 is 11.8 Å². The van der Waals surface area contributed by atoms with Gasteiger partial charge in [-0.1, -0.05) is 39.8 Å². The molecule has 2 unspecified atom stereocenters. The lowest BCUT2D eigenvalue weighted by Crippen LogP contribution is -2.20. The normalized spacial score (nSPS) is 15.2. The summed E-state index contributed by atoms with van der Waals surface area (Å²) in [5.41, 5.74) is 1.56. The second-order valence-electron chi connectivity index (χ2n) is 5.54. The minimum Gasteiger partial charge on any atom is -0.464 e. The second-order valence-corrected chi connectivity index (χ2v) is 5.69. The molecule has 0 aliphatic heterocycles. The van der Waals surface area contributed by atoms with Gasteiger partial charge in [0, 0.05) is 11.8 Å². The van der Waals surface area contributed by atoms with Crippen LogP contribution in [0.4, 0.5) is 0 Å². The average molecular weight is 272 g/mol. The van der Waals surface area contributed by atoms with Crippen LogP contribution in [0, 0.1) is 5.41 Å². The van der Waals surface area contributed by atoms with E-state index in [9.17, 15) is 0 Å². The average Bonchev–Trinajstić information content (AvgIpc) is 2.28. The van der Waals surface area contributed by atoms with Crippen molar-refractivity contribution in [2.24, 2.45) is 5.41 Å². The van der Waals surface area contributed by atoms with Crippen LogP contribution in [0.2, 0.25) is 0 Å². The Bertz CT molecular complexity index is 359. The van der Waals surface area contributed by atoms with Gasteiger partial charge in [-0.15, -0.1) is 5.00 Å². The molecule has 0 aliphatic rings. The number of hydrogen-bond donors (Lipinski definition) is 1. The first-order chi connectivity index (χ1) is 8.34. The van der Waals surface area contributed by atoms with Gasteiger partial charge in [-0.2, -0.15) is 0 Å². The maximum absolute atomic E-state index is 5.51. The summed E-state index contributed by atoms with van der Waals surface area (Å²) in [6.07, 6.45) is -0.437. The Hall–Kier alpha value is -0.770. The van der Waals surface area contributed by atoms with Gasteiger partial charge >= 0.3 is 0 Å². The minimum absolute atomic E-state index is 0.251. The van der Waals surface area contributed by atoms with Gasteiger partial charge in [0.2, 0.25) is 6.29 Å². The Balaban J connectivity index is 2.68. The molecule has 0 bridgehead atoms. The first-order valence-corrected chi connectivity index (χ1v) is 6.50. The van der Waals surface area contributed by atoms with E-state index < -0.39 is 6.29 Å². The lowest BCUT2D eigenvalue weighted by molar-refractivity contribution is -0.0910. The molecule has 0 aliphatic carbocycles. The van der Waals surface area contributed by atoms with E-state index in [1.165, 1.54) is 5.56 Å². The van der Waals surface area contributed by atoms with Crippen LogP contribution in [0.15, 0.2) is 24.3 Å². The van der Waals surface area contributed by atoms with Gasteiger partial charge in [-0.05, 0) is 36.0 Å². The van der Waals surface area contributed by atoms with Crippen LogP contribution >= 0.6 is 11.8 Å². The lowest BCUT2D eigenvalue weighted by atomic mass is 9.78. The van der Waals surface area contributed by atoms with Crippen LogP contribution < -0.4 is 9.74 Å². The monoisotopic (exact) mass is 271 g/mol. The molecular weight excluding hydrogens is 250 g/mol. The molecule has 1 N–H and O–H groups in total. The van der Waals surface area contributed by atoms with Gasteiger partial charge in [-0.3, -0.25) is 0 Å². The van der Waals surface area contributed by atoms with Crippen LogP contribution in [0.5, 0.6) is 5.75 Å². The Morgan fingerprint density at radius 3 is 2.11 bits per heavy atom. The number of hydrogen-bond acceptors (Lipinski definition) is 3. The molecule has 1 aromatic carbocycles. The van der Waals surface area contributed by atoms with Crippen LogP contribution in [-0.2, 0) is 4.84 Å². The summed E-state index contributed by atoms with van der Waals surface area (Å²) in [5.74, 6) is 1.25. The number of rotatable bonds is 5. The third-order valence-electron chi connectivity index (χ3n) is 3.19. The number of nitrogens with one attached hydrogen (secondary N) is 1. The van der Waals surface area contributed by atoms with Gasteiger partial charge in [0.1, 0.15) is 5.75 Å². The zero-order chi connectivity index (χ0) is 13.8. The van der Waals surface area contributed by atoms with E-state index in [0.29, 0.717) is 5.92 Å². The zero-order valence-corrected chi connectivity index (χ0v) is 12.4. The molecule has 0 aromatic heterocycles. The molecule has 0 spiro atoms. The lowest BCUT2D eigenvalue weighted by Gasteiger charge is -2.27. The van der Waals surface area contributed by atoms with E-state index in [2.05, 4.69) is 44.8 Å². The summed E-state index contributed by atoms with van der Waals surface area (Å²) < 4.78 is 5.51. The second kappa shape index (κ2) is 6.41. The molecule has 0 heterocycles. The molecule has 2 atom stereocenters. The van der Waals surface area contributed by atoms with Gasteiger partial charge in [0.05, 0.1) is 0 Å². The highest BCUT2D eigenvalue weighted by atomic mass is 35.5. The third-order valence-corrected chi connectivity index (χ3v) is 3.28. The van der Waals surface area contributed by atoms with Crippen molar-refractivity contribution in [3.05, 3.63) is 29.8 Å². The van der Waals surface area contributed by atoms with E-state index in [1.54, 1.807) is 6.92 Å². The standard InChI is InChI=1S/C14H22ClNO2/c1-10(14(3,4)5)12-6-8-13(9-7-12)17-11(2)18-16-15/h6-11,16H,1-5H3. The maximum Gasteiger partial charge on any atom is 0.216 e. The molecule has 0 amide bonds. The smallest absolute Gasteiger partial charge is 0.216 e. The molecule has 1 rings (SSSR count). The van der Waals surface area contributed by atoms with Gasteiger partial charge < -0.3 is 4.74 Å². The summed E-state index contributed by atoms with van der Waals surface area (Å²) in [4.78, 5) is 6.96. The van der Waals surface area contributed by atoms with Crippen molar-refractivity contribution in [3.8, 4) is 5.75 Å². The van der Waals surface area contributed by atoms with Crippen molar-refractivity contribution in [1.82, 2.24) is 5.00 Å². The summed E-state index contributed by atoms with van der Waals surface area (Å²) in [6, 6.07) is 8.08. The van der Waals surface area contributed by atoms with E-state index >= 15 is 0 Å². The Morgan fingerprint density at radius 1 is 1.11 bits per heavy atom. The van der Waals surface area contributed by atoms with Crippen molar-refractivity contribution in [2.75, 3.05) is 0 Å². The predicted octanol–water partition coefficient (Wildman–Crippen LogP) is 4.24. The van der Waals surface area contributed by atoms with Gasteiger partial charge in [-0.25, -0.2) is 4.84 Å².